The summed E-state index contributed by atoms with van der Waals surface area (Å²) in [4.78, 5) is 62.1. The largest absolute Gasteiger partial charge is 0.481 e. The van der Waals surface area contributed by atoms with E-state index in [-0.39, 0.29) is 6.54 Å². The summed E-state index contributed by atoms with van der Waals surface area (Å²) in [6.07, 6.45) is 3.33. The second kappa shape index (κ2) is 15.2. The number of hydrogen-bond acceptors (Lipinski definition) is 8. The maximum atomic E-state index is 13.3. The fourth-order valence-corrected chi connectivity index (χ4v) is 3.81. The molecule has 0 unspecified atom stereocenters. The SMILES string of the molecule is NCCCC[C@H](NC(=O)[C@@H](N)CCCCN)C(=O)N1CCC[C@H]1C(=O)N[C@@H](CC(=O)O)C(=O)O. The number of carboxylic acid groups (broad SMARTS) is 2. The van der Waals surface area contributed by atoms with Crippen LogP contribution in [-0.4, -0.2) is 88.6 Å². The Kier molecular flexibility index (Phi) is 13.1. The lowest BCUT2D eigenvalue weighted by Crippen LogP contribution is -2.56. The van der Waals surface area contributed by atoms with Gasteiger partial charge in [-0.15, -0.1) is 0 Å². The van der Waals surface area contributed by atoms with Crippen molar-refractivity contribution in [1.29, 1.82) is 0 Å². The summed E-state index contributed by atoms with van der Waals surface area (Å²) in [5.74, 6) is -4.55. The zero-order valence-corrected chi connectivity index (χ0v) is 19.4. The normalized spacial score (nSPS) is 18.1. The fraction of sp³-hybridized carbons (Fsp3) is 0.762. The molecule has 1 aliphatic heterocycles. The van der Waals surface area contributed by atoms with Crippen molar-refractivity contribution in [2.75, 3.05) is 19.6 Å². The number of aliphatic carboxylic acids is 2. The third kappa shape index (κ3) is 9.61. The molecular weight excluding hydrogens is 448 g/mol. The standard InChI is InChI=1S/C21H38N6O7/c22-9-3-1-6-13(24)18(30)25-14(7-2-4-10-23)20(32)27-11-5-8-16(27)19(31)26-15(21(33)34)12-17(28)29/h13-16H,1-12,22-24H2,(H,25,30)(H,26,31)(H,28,29)(H,33,34)/t13-,14-,15-,16-/m0/s1. The predicted molar refractivity (Wildman–Crippen MR) is 122 cm³/mol. The number of hydrogen-bond donors (Lipinski definition) is 7. The van der Waals surface area contributed by atoms with Gasteiger partial charge in [0.1, 0.15) is 18.1 Å². The molecule has 34 heavy (non-hydrogen) atoms. The van der Waals surface area contributed by atoms with E-state index in [2.05, 4.69) is 10.6 Å². The third-order valence-corrected chi connectivity index (χ3v) is 5.70. The molecule has 13 heteroatoms. The van der Waals surface area contributed by atoms with E-state index in [4.69, 9.17) is 22.3 Å². The summed E-state index contributed by atoms with van der Waals surface area (Å²) in [5.41, 5.74) is 17.0. The zero-order chi connectivity index (χ0) is 25.7. The molecule has 1 heterocycles. The van der Waals surface area contributed by atoms with Crippen LogP contribution in [0.4, 0.5) is 0 Å². The van der Waals surface area contributed by atoms with Crippen LogP contribution in [0, 0.1) is 0 Å². The summed E-state index contributed by atoms with van der Waals surface area (Å²) in [6.45, 7) is 1.16. The number of nitrogens with one attached hydrogen (secondary N) is 2. The molecular formula is C21H38N6O7. The zero-order valence-electron chi connectivity index (χ0n) is 19.4. The van der Waals surface area contributed by atoms with E-state index >= 15 is 0 Å². The van der Waals surface area contributed by atoms with E-state index in [0.717, 1.165) is 6.42 Å². The Morgan fingerprint density at radius 3 is 2.09 bits per heavy atom. The predicted octanol–water partition coefficient (Wildman–Crippen LogP) is -1.91. The van der Waals surface area contributed by atoms with Crippen LogP contribution in [0.1, 0.15) is 57.8 Å². The highest BCUT2D eigenvalue weighted by Crippen LogP contribution is 2.20. The van der Waals surface area contributed by atoms with Gasteiger partial charge >= 0.3 is 11.9 Å². The number of nitrogens with zero attached hydrogens (tertiary/aromatic N) is 1. The first kappa shape index (κ1) is 29.3. The number of amides is 3. The van der Waals surface area contributed by atoms with Crippen molar-refractivity contribution in [2.45, 2.75) is 82.0 Å². The van der Waals surface area contributed by atoms with Gasteiger partial charge in [-0.1, -0.05) is 6.42 Å². The van der Waals surface area contributed by atoms with Gasteiger partial charge in [-0.2, -0.15) is 0 Å². The second-order valence-corrected chi connectivity index (χ2v) is 8.42. The molecule has 1 aliphatic rings. The van der Waals surface area contributed by atoms with Crippen LogP contribution in [0.15, 0.2) is 0 Å². The first-order valence-corrected chi connectivity index (χ1v) is 11.6. The molecule has 0 saturated carbocycles. The minimum atomic E-state index is -1.62. The number of nitrogens with two attached hydrogens (primary N) is 3. The van der Waals surface area contributed by atoms with E-state index in [9.17, 15) is 29.1 Å². The average Bonchev–Trinajstić information content (AvgIpc) is 3.27. The number of carbonyl (C=O) groups excluding carboxylic acids is 3. The second-order valence-electron chi connectivity index (χ2n) is 8.42. The lowest BCUT2D eigenvalue weighted by Gasteiger charge is -2.30. The molecule has 0 bridgehead atoms. The van der Waals surface area contributed by atoms with Crippen molar-refractivity contribution in [3.05, 3.63) is 0 Å². The van der Waals surface area contributed by atoms with Crippen molar-refractivity contribution < 1.29 is 34.2 Å². The Morgan fingerprint density at radius 2 is 1.53 bits per heavy atom. The number of rotatable bonds is 16. The summed E-state index contributed by atoms with van der Waals surface area (Å²) in [6, 6.07) is -4.30. The van der Waals surface area contributed by atoms with Gasteiger partial charge in [0.25, 0.3) is 0 Å². The molecule has 0 spiro atoms. The Bertz CT molecular complexity index is 720. The minimum Gasteiger partial charge on any atom is -0.481 e. The number of carboxylic acids is 2. The van der Waals surface area contributed by atoms with Gasteiger partial charge < -0.3 is 42.9 Å². The van der Waals surface area contributed by atoms with E-state index in [1.54, 1.807) is 0 Å². The first-order valence-electron chi connectivity index (χ1n) is 11.6. The number of likely N-dealkylation sites (tertiary alicyclic amines) is 1. The van der Waals surface area contributed by atoms with Crippen molar-refractivity contribution in [2.24, 2.45) is 17.2 Å². The molecule has 194 valence electrons. The quantitative estimate of drug-likeness (QED) is 0.120. The molecule has 0 aromatic heterocycles. The van der Waals surface area contributed by atoms with Crippen LogP contribution in [0.3, 0.4) is 0 Å². The Morgan fingerprint density at radius 1 is 0.912 bits per heavy atom. The Hall–Kier alpha value is -2.77. The molecule has 0 aromatic carbocycles. The van der Waals surface area contributed by atoms with Gasteiger partial charge in [0.05, 0.1) is 12.5 Å². The highest BCUT2D eigenvalue weighted by Gasteiger charge is 2.39. The number of carbonyl (C=O) groups is 5. The topological polar surface area (TPSA) is 231 Å². The lowest BCUT2D eigenvalue weighted by molar-refractivity contribution is -0.148. The van der Waals surface area contributed by atoms with Gasteiger partial charge in [-0.05, 0) is 58.0 Å². The smallest absolute Gasteiger partial charge is 0.326 e. The summed E-state index contributed by atoms with van der Waals surface area (Å²) < 4.78 is 0. The molecule has 4 atom stereocenters. The van der Waals surface area contributed by atoms with E-state index in [1.807, 2.05) is 0 Å². The van der Waals surface area contributed by atoms with Crippen LogP contribution in [0.2, 0.25) is 0 Å². The maximum absolute atomic E-state index is 13.3. The van der Waals surface area contributed by atoms with Gasteiger partial charge in [-0.25, -0.2) is 4.79 Å². The molecule has 1 rings (SSSR count). The maximum Gasteiger partial charge on any atom is 0.326 e. The fourth-order valence-electron chi connectivity index (χ4n) is 3.81. The number of unbranched alkanes of at least 4 members (excludes halogenated alkanes) is 2. The first-order chi connectivity index (χ1) is 16.1. The van der Waals surface area contributed by atoms with Crippen LogP contribution < -0.4 is 27.8 Å². The van der Waals surface area contributed by atoms with Crippen molar-refractivity contribution in [1.82, 2.24) is 15.5 Å². The Labute approximate surface area is 198 Å². The molecule has 1 saturated heterocycles. The monoisotopic (exact) mass is 486 g/mol. The highest BCUT2D eigenvalue weighted by atomic mass is 16.4. The molecule has 0 aromatic rings. The summed E-state index contributed by atoms with van der Waals surface area (Å²) in [5, 5.41) is 23.0. The van der Waals surface area contributed by atoms with E-state index in [1.165, 1.54) is 4.90 Å². The summed E-state index contributed by atoms with van der Waals surface area (Å²) >= 11 is 0. The van der Waals surface area contributed by atoms with Gasteiger partial charge in [0.2, 0.25) is 17.7 Å². The molecule has 1 fully saturated rings. The average molecular weight is 487 g/mol. The van der Waals surface area contributed by atoms with E-state index in [0.29, 0.717) is 58.0 Å². The van der Waals surface area contributed by atoms with Gasteiger partial charge in [-0.3, -0.25) is 19.2 Å². The van der Waals surface area contributed by atoms with Crippen LogP contribution in [-0.2, 0) is 24.0 Å². The van der Waals surface area contributed by atoms with Crippen LogP contribution in [0.25, 0.3) is 0 Å². The summed E-state index contributed by atoms with van der Waals surface area (Å²) in [7, 11) is 0. The molecule has 10 N–H and O–H groups in total. The van der Waals surface area contributed by atoms with Crippen molar-refractivity contribution >= 4 is 29.7 Å². The van der Waals surface area contributed by atoms with E-state index < -0.39 is 60.2 Å². The van der Waals surface area contributed by atoms with Gasteiger partial charge in [0.15, 0.2) is 0 Å². The molecule has 0 aliphatic carbocycles. The lowest BCUT2D eigenvalue weighted by atomic mass is 10.0. The van der Waals surface area contributed by atoms with Crippen LogP contribution >= 0.6 is 0 Å². The van der Waals surface area contributed by atoms with Crippen molar-refractivity contribution in [3.8, 4) is 0 Å². The molecule has 0 radical (unpaired) electrons. The highest BCUT2D eigenvalue weighted by molar-refractivity contribution is 5.95. The Balaban J connectivity index is 2.90. The molecule has 3 amide bonds. The van der Waals surface area contributed by atoms with Crippen molar-refractivity contribution in [3.63, 3.8) is 0 Å². The minimum absolute atomic E-state index is 0.249. The van der Waals surface area contributed by atoms with Crippen LogP contribution in [0.5, 0.6) is 0 Å². The third-order valence-electron chi connectivity index (χ3n) is 5.70. The van der Waals surface area contributed by atoms with Gasteiger partial charge in [0, 0.05) is 6.54 Å². The molecule has 13 nitrogen and oxygen atoms in total.